The van der Waals surface area contributed by atoms with Gasteiger partial charge < -0.3 is 4.74 Å². The molecule has 1 aromatic rings. The molecule has 0 bridgehead atoms. The van der Waals surface area contributed by atoms with Gasteiger partial charge in [-0.1, -0.05) is 18.2 Å². The quantitative estimate of drug-likeness (QED) is 0.681. The highest BCUT2D eigenvalue weighted by Crippen LogP contribution is 2.41. The first-order valence-corrected chi connectivity index (χ1v) is 6.51. The Labute approximate surface area is 104 Å². The number of fused-ring (bicyclic) bond motifs is 1. The summed E-state index contributed by atoms with van der Waals surface area (Å²) in [4.78, 5) is 2.54. The molecule has 2 aliphatic heterocycles. The van der Waals surface area contributed by atoms with Crippen LogP contribution >= 0.6 is 0 Å². The molecular weight excluding hydrogens is 210 g/mol. The van der Waals surface area contributed by atoms with Crippen LogP contribution in [0.1, 0.15) is 32.8 Å². The number of para-hydroxylation sites is 1. The molecular formula is C15H21NO. The van der Waals surface area contributed by atoms with Crippen LogP contribution in [0.4, 0.5) is 0 Å². The van der Waals surface area contributed by atoms with E-state index in [9.17, 15) is 0 Å². The molecule has 1 spiro atoms. The summed E-state index contributed by atoms with van der Waals surface area (Å²) in [5.74, 6) is 1.10. The molecule has 0 aromatic heterocycles. The van der Waals surface area contributed by atoms with Crippen molar-refractivity contribution in [2.24, 2.45) is 0 Å². The van der Waals surface area contributed by atoms with Gasteiger partial charge in [0.25, 0.3) is 0 Å². The molecule has 0 N–H and O–H groups in total. The molecule has 17 heavy (non-hydrogen) atoms. The van der Waals surface area contributed by atoms with Gasteiger partial charge >= 0.3 is 0 Å². The zero-order chi connectivity index (χ0) is 12.1. The second kappa shape index (κ2) is 3.49. The monoisotopic (exact) mass is 231 g/mol. The molecule has 1 fully saturated rings. The molecule has 0 saturated carbocycles. The van der Waals surface area contributed by atoms with E-state index in [1.165, 1.54) is 5.56 Å². The van der Waals surface area contributed by atoms with Crippen molar-refractivity contribution < 1.29 is 4.74 Å². The van der Waals surface area contributed by atoms with Crippen molar-refractivity contribution >= 4 is 0 Å². The predicted molar refractivity (Wildman–Crippen MR) is 69.4 cm³/mol. The second-order valence-corrected chi connectivity index (χ2v) is 6.41. The topological polar surface area (TPSA) is 12.5 Å². The van der Waals surface area contributed by atoms with Gasteiger partial charge in [-0.15, -0.1) is 0 Å². The van der Waals surface area contributed by atoms with Gasteiger partial charge in [-0.05, 0) is 32.4 Å². The third kappa shape index (κ3) is 1.85. The maximum atomic E-state index is 6.24. The average Bonchev–Trinajstić information content (AvgIpc) is 2.81. The van der Waals surface area contributed by atoms with E-state index in [0.717, 1.165) is 31.7 Å². The fourth-order valence-corrected chi connectivity index (χ4v) is 3.01. The van der Waals surface area contributed by atoms with E-state index < -0.39 is 0 Å². The summed E-state index contributed by atoms with van der Waals surface area (Å²) in [6, 6.07) is 8.47. The first-order valence-electron chi connectivity index (χ1n) is 6.51. The minimum Gasteiger partial charge on any atom is -0.485 e. The molecule has 1 atom stereocenters. The number of hydrogen-bond donors (Lipinski definition) is 0. The van der Waals surface area contributed by atoms with Crippen LogP contribution < -0.4 is 4.74 Å². The summed E-state index contributed by atoms with van der Waals surface area (Å²) in [5, 5.41) is 0. The van der Waals surface area contributed by atoms with Crippen LogP contribution in [0.5, 0.6) is 5.75 Å². The van der Waals surface area contributed by atoms with E-state index in [2.05, 4.69) is 49.9 Å². The van der Waals surface area contributed by atoms with E-state index in [0.29, 0.717) is 0 Å². The van der Waals surface area contributed by atoms with E-state index in [-0.39, 0.29) is 11.1 Å². The molecule has 1 aromatic carbocycles. The largest absolute Gasteiger partial charge is 0.485 e. The molecule has 1 saturated heterocycles. The first-order chi connectivity index (χ1) is 7.99. The number of rotatable bonds is 0. The summed E-state index contributed by atoms with van der Waals surface area (Å²) in [5.41, 5.74) is 1.68. The molecule has 1 unspecified atom stereocenters. The molecule has 92 valence electrons. The third-order valence-corrected chi connectivity index (χ3v) is 4.08. The van der Waals surface area contributed by atoms with Crippen LogP contribution in [0.3, 0.4) is 0 Å². The molecule has 2 nitrogen and oxygen atoms in total. The van der Waals surface area contributed by atoms with E-state index in [1.807, 2.05) is 0 Å². The van der Waals surface area contributed by atoms with Gasteiger partial charge in [0.1, 0.15) is 11.4 Å². The number of hydrogen-bond acceptors (Lipinski definition) is 2. The fourth-order valence-electron chi connectivity index (χ4n) is 3.01. The maximum Gasteiger partial charge on any atom is 0.127 e. The first kappa shape index (κ1) is 11.1. The summed E-state index contributed by atoms with van der Waals surface area (Å²) in [6.07, 6.45) is 2.23. The highest BCUT2D eigenvalue weighted by Gasteiger charge is 2.47. The van der Waals surface area contributed by atoms with Crippen LogP contribution in [0, 0.1) is 0 Å². The SMILES string of the molecule is CC(C)(C)N1CCC2(Cc3ccccc3O2)C1. The zero-order valence-electron chi connectivity index (χ0n) is 11.0. The Balaban J connectivity index is 1.81. The van der Waals surface area contributed by atoms with Crippen molar-refractivity contribution in [2.45, 2.75) is 44.8 Å². The van der Waals surface area contributed by atoms with Crippen molar-refractivity contribution in [3.8, 4) is 5.75 Å². The van der Waals surface area contributed by atoms with E-state index in [1.54, 1.807) is 0 Å². The van der Waals surface area contributed by atoms with Gasteiger partial charge in [0.2, 0.25) is 0 Å². The highest BCUT2D eigenvalue weighted by molar-refractivity contribution is 5.39. The highest BCUT2D eigenvalue weighted by atomic mass is 16.5. The summed E-state index contributed by atoms with van der Waals surface area (Å²) < 4.78 is 6.24. The molecule has 0 radical (unpaired) electrons. The third-order valence-electron chi connectivity index (χ3n) is 4.08. The smallest absolute Gasteiger partial charge is 0.127 e. The molecule has 2 heterocycles. The Morgan fingerprint density at radius 3 is 2.65 bits per heavy atom. The van der Waals surface area contributed by atoms with Gasteiger partial charge in [-0.3, -0.25) is 4.90 Å². The van der Waals surface area contributed by atoms with Crippen molar-refractivity contribution in [3.63, 3.8) is 0 Å². The van der Waals surface area contributed by atoms with Crippen LogP contribution in [-0.4, -0.2) is 29.1 Å². The van der Waals surface area contributed by atoms with E-state index >= 15 is 0 Å². The van der Waals surface area contributed by atoms with Crippen molar-refractivity contribution in [1.29, 1.82) is 0 Å². The minimum absolute atomic E-state index is 0.0525. The number of likely N-dealkylation sites (tertiary alicyclic amines) is 1. The lowest BCUT2D eigenvalue weighted by Gasteiger charge is -2.33. The Morgan fingerprint density at radius 1 is 1.24 bits per heavy atom. The van der Waals surface area contributed by atoms with Gasteiger partial charge in [0, 0.05) is 31.5 Å². The number of nitrogens with zero attached hydrogens (tertiary/aromatic N) is 1. The lowest BCUT2D eigenvalue weighted by molar-refractivity contribution is 0.0793. The fraction of sp³-hybridized carbons (Fsp3) is 0.600. The second-order valence-electron chi connectivity index (χ2n) is 6.41. The average molecular weight is 231 g/mol. The molecule has 0 amide bonds. The molecule has 3 rings (SSSR count). The standard InChI is InChI=1S/C15H21NO/c1-14(2,3)16-9-8-15(11-16)10-12-6-4-5-7-13(12)17-15/h4-7H,8-11H2,1-3H3. The minimum atomic E-state index is 0.0525. The number of ether oxygens (including phenoxy) is 1. The summed E-state index contributed by atoms with van der Waals surface area (Å²) in [6.45, 7) is 9.07. The molecule has 2 aliphatic rings. The molecule has 0 aliphatic carbocycles. The Bertz CT molecular complexity index is 408. The Kier molecular flexibility index (Phi) is 2.27. The van der Waals surface area contributed by atoms with Crippen molar-refractivity contribution in [1.82, 2.24) is 4.90 Å². The number of benzene rings is 1. The van der Waals surface area contributed by atoms with Crippen LogP contribution in [-0.2, 0) is 6.42 Å². The Hall–Kier alpha value is -1.02. The van der Waals surface area contributed by atoms with Gasteiger partial charge in [-0.2, -0.15) is 0 Å². The maximum absolute atomic E-state index is 6.24. The van der Waals surface area contributed by atoms with Gasteiger partial charge in [0.05, 0.1) is 0 Å². The molecule has 2 heteroatoms. The lowest BCUT2D eigenvalue weighted by atomic mass is 9.96. The zero-order valence-corrected chi connectivity index (χ0v) is 11.0. The van der Waals surface area contributed by atoms with Crippen molar-refractivity contribution in [2.75, 3.05) is 13.1 Å². The normalized spacial score (nSPS) is 28.4. The predicted octanol–water partition coefficient (Wildman–Crippen LogP) is 2.86. The van der Waals surface area contributed by atoms with Crippen molar-refractivity contribution in [3.05, 3.63) is 29.8 Å². The van der Waals surface area contributed by atoms with Crippen LogP contribution in [0.25, 0.3) is 0 Å². The summed E-state index contributed by atoms with van der Waals surface area (Å²) >= 11 is 0. The summed E-state index contributed by atoms with van der Waals surface area (Å²) in [7, 11) is 0. The van der Waals surface area contributed by atoms with Crippen LogP contribution in [0.2, 0.25) is 0 Å². The van der Waals surface area contributed by atoms with Crippen LogP contribution in [0.15, 0.2) is 24.3 Å². The Morgan fingerprint density at radius 2 is 2.00 bits per heavy atom. The van der Waals surface area contributed by atoms with Gasteiger partial charge in [-0.25, -0.2) is 0 Å². The van der Waals surface area contributed by atoms with Gasteiger partial charge in [0.15, 0.2) is 0 Å². The van der Waals surface area contributed by atoms with E-state index in [4.69, 9.17) is 4.74 Å². The lowest BCUT2D eigenvalue weighted by Crippen LogP contribution is -2.44.